The maximum absolute atomic E-state index is 11.8. The van der Waals surface area contributed by atoms with Gasteiger partial charge in [0.1, 0.15) is 5.60 Å². The quantitative estimate of drug-likeness (QED) is 0.773. The van der Waals surface area contributed by atoms with Crippen LogP contribution in [0.5, 0.6) is 0 Å². The highest BCUT2D eigenvalue weighted by Gasteiger charge is 2.24. The van der Waals surface area contributed by atoms with Crippen LogP contribution >= 0.6 is 15.9 Å². The highest BCUT2D eigenvalue weighted by atomic mass is 79.9. The van der Waals surface area contributed by atoms with Crippen LogP contribution in [0.15, 0.2) is 28.9 Å². The second-order valence-corrected chi connectivity index (χ2v) is 8.79. The van der Waals surface area contributed by atoms with Crippen LogP contribution in [0.1, 0.15) is 52.5 Å². The number of benzene rings is 1. The topological polar surface area (TPSA) is 56.1 Å². The number of alkyl carbamates (subject to hydrolysis) is 1. The van der Waals surface area contributed by atoms with Gasteiger partial charge in [0.05, 0.1) is 11.6 Å². The fraction of sp³-hybridized carbons (Fsp3) is 0.579. The number of hydrogen-bond donors (Lipinski definition) is 1. The Balaban J connectivity index is 1.50. The molecule has 1 saturated carbocycles. The highest BCUT2D eigenvalue weighted by Crippen LogP contribution is 2.32. The Labute approximate surface area is 157 Å². The van der Waals surface area contributed by atoms with Crippen molar-refractivity contribution in [3.8, 4) is 0 Å². The normalized spacial score (nSPS) is 21.3. The Morgan fingerprint density at radius 2 is 2.04 bits per heavy atom. The van der Waals surface area contributed by atoms with Gasteiger partial charge < -0.3 is 10.1 Å². The van der Waals surface area contributed by atoms with Crippen LogP contribution < -0.4 is 5.32 Å². The summed E-state index contributed by atoms with van der Waals surface area (Å²) in [6.07, 6.45) is 6.21. The average Bonchev–Trinajstić information content (AvgIpc) is 2.95. The molecule has 0 unspecified atom stereocenters. The molecular formula is C19H26BrN3O2. The van der Waals surface area contributed by atoms with Gasteiger partial charge in [0.25, 0.3) is 0 Å². The molecule has 25 heavy (non-hydrogen) atoms. The second kappa shape index (κ2) is 7.36. The molecule has 3 rings (SSSR count). The molecule has 0 spiro atoms. The second-order valence-electron chi connectivity index (χ2n) is 7.87. The minimum Gasteiger partial charge on any atom is -0.444 e. The van der Waals surface area contributed by atoms with Crippen LogP contribution in [0.2, 0.25) is 0 Å². The van der Waals surface area contributed by atoms with Crippen LogP contribution in [0.3, 0.4) is 0 Å². The lowest BCUT2D eigenvalue weighted by molar-refractivity contribution is 0.0513. The third-order valence-corrected chi connectivity index (χ3v) is 5.10. The smallest absolute Gasteiger partial charge is 0.407 e. The number of hydrogen-bond acceptors (Lipinski definition) is 3. The summed E-state index contributed by atoms with van der Waals surface area (Å²) < 4.78 is 8.47. The molecule has 0 saturated heterocycles. The van der Waals surface area contributed by atoms with Crippen molar-refractivity contribution >= 4 is 32.9 Å². The molecule has 6 heteroatoms. The molecule has 2 aromatic rings. The molecule has 136 valence electrons. The highest BCUT2D eigenvalue weighted by molar-refractivity contribution is 9.10. The first kappa shape index (κ1) is 18.2. The molecule has 5 nitrogen and oxygen atoms in total. The lowest BCUT2D eigenvalue weighted by atomic mass is 9.86. The average molecular weight is 408 g/mol. The number of ether oxygens (including phenoxy) is 1. The predicted octanol–water partition coefficient (Wildman–Crippen LogP) is 5.05. The first-order chi connectivity index (χ1) is 11.8. The molecule has 1 aliphatic carbocycles. The van der Waals surface area contributed by atoms with Gasteiger partial charge in [-0.25, -0.2) is 4.79 Å². The Morgan fingerprint density at radius 1 is 1.32 bits per heavy atom. The molecule has 1 aliphatic rings. The maximum Gasteiger partial charge on any atom is 0.407 e. The van der Waals surface area contributed by atoms with E-state index < -0.39 is 5.60 Å². The van der Waals surface area contributed by atoms with Crippen molar-refractivity contribution in [1.82, 2.24) is 15.1 Å². The number of amides is 1. The summed E-state index contributed by atoms with van der Waals surface area (Å²) in [4.78, 5) is 11.8. The predicted molar refractivity (Wildman–Crippen MR) is 103 cm³/mol. The molecule has 0 radical (unpaired) electrons. The largest absolute Gasteiger partial charge is 0.444 e. The van der Waals surface area contributed by atoms with Gasteiger partial charge in [0, 0.05) is 22.6 Å². The molecule has 1 heterocycles. The molecule has 0 aliphatic heterocycles. The molecule has 1 aromatic heterocycles. The molecule has 1 fully saturated rings. The van der Waals surface area contributed by atoms with E-state index in [9.17, 15) is 4.79 Å². The van der Waals surface area contributed by atoms with E-state index in [2.05, 4.69) is 44.3 Å². The number of nitrogens with one attached hydrogen (secondary N) is 1. The minimum atomic E-state index is -0.446. The summed E-state index contributed by atoms with van der Waals surface area (Å²) in [5.41, 5.74) is 0.585. The van der Waals surface area contributed by atoms with Crippen molar-refractivity contribution in [2.24, 2.45) is 5.92 Å². The maximum atomic E-state index is 11.8. The van der Waals surface area contributed by atoms with E-state index in [4.69, 9.17) is 9.84 Å². The van der Waals surface area contributed by atoms with E-state index in [0.717, 1.165) is 35.7 Å². The van der Waals surface area contributed by atoms with Crippen LogP contribution in [0, 0.1) is 5.92 Å². The molecule has 1 N–H and O–H groups in total. The Hall–Kier alpha value is -1.56. The number of halogens is 1. The zero-order valence-corrected chi connectivity index (χ0v) is 16.7. The third-order valence-electron chi connectivity index (χ3n) is 4.61. The van der Waals surface area contributed by atoms with Crippen molar-refractivity contribution in [3.05, 3.63) is 28.9 Å². The van der Waals surface area contributed by atoms with Crippen molar-refractivity contribution in [2.75, 3.05) is 6.54 Å². The van der Waals surface area contributed by atoms with Crippen LogP contribution in [0.25, 0.3) is 10.9 Å². The van der Waals surface area contributed by atoms with E-state index in [1.54, 1.807) is 0 Å². The molecule has 1 amide bonds. The van der Waals surface area contributed by atoms with Gasteiger partial charge in [0.15, 0.2) is 0 Å². The van der Waals surface area contributed by atoms with Gasteiger partial charge >= 0.3 is 6.09 Å². The van der Waals surface area contributed by atoms with Crippen LogP contribution in [-0.2, 0) is 4.74 Å². The lowest BCUT2D eigenvalue weighted by Crippen LogP contribution is -2.36. The zero-order chi connectivity index (χ0) is 18.0. The summed E-state index contributed by atoms with van der Waals surface area (Å²) in [6, 6.07) is 6.65. The number of fused-ring (bicyclic) bond motifs is 1. The van der Waals surface area contributed by atoms with Gasteiger partial charge in [-0.1, -0.05) is 22.0 Å². The molecule has 0 bridgehead atoms. The number of aromatic nitrogens is 2. The third kappa shape index (κ3) is 4.97. The monoisotopic (exact) mass is 407 g/mol. The van der Waals surface area contributed by atoms with Crippen molar-refractivity contribution in [1.29, 1.82) is 0 Å². The summed E-state index contributed by atoms with van der Waals surface area (Å²) in [5.74, 6) is 0.517. The van der Waals surface area contributed by atoms with Gasteiger partial charge in [0.2, 0.25) is 0 Å². The standard InChI is InChI=1S/C19H26BrN3O2/c1-19(2,3)25-18(24)21-11-13-4-8-16(9-5-13)23-12-14-6-7-15(20)10-17(14)22-23/h6-7,10,12-13,16H,4-5,8-9,11H2,1-3H3,(H,21,24). The molecule has 1 aromatic carbocycles. The summed E-state index contributed by atoms with van der Waals surface area (Å²) >= 11 is 3.50. The SMILES string of the molecule is CC(C)(C)OC(=O)NCC1CCC(n2cc3ccc(Br)cc3n2)CC1. The summed E-state index contributed by atoms with van der Waals surface area (Å²) in [5, 5.41) is 8.81. The Kier molecular flexibility index (Phi) is 5.37. The summed E-state index contributed by atoms with van der Waals surface area (Å²) in [7, 11) is 0. The fourth-order valence-corrected chi connectivity index (χ4v) is 3.70. The van der Waals surface area contributed by atoms with E-state index in [0.29, 0.717) is 18.5 Å². The number of carbonyl (C=O) groups excluding carboxylic acids is 1. The van der Waals surface area contributed by atoms with Gasteiger partial charge in [-0.05, 0) is 64.5 Å². The fourth-order valence-electron chi connectivity index (χ4n) is 3.35. The number of rotatable bonds is 3. The Morgan fingerprint density at radius 3 is 2.72 bits per heavy atom. The summed E-state index contributed by atoms with van der Waals surface area (Å²) in [6.45, 7) is 6.33. The first-order valence-electron chi connectivity index (χ1n) is 8.91. The van der Waals surface area contributed by atoms with E-state index in [1.807, 2.05) is 26.8 Å². The Bertz CT molecular complexity index is 743. The molecular weight excluding hydrogens is 382 g/mol. The van der Waals surface area contributed by atoms with Crippen molar-refractivity contribution in [3.63, 3.8) is 0 Å². The van der Waals surface area contributed by atoms with E-state index in [1.165, 1.54) is 5.39 Å². The van der Waals surface area contributed by atoms with Crippen LogP contribution in [0.4, 0.5) is 4.79 Å². The van der Waals surface area contributed by atoms with Crippen molar-refractivity contribution in [2.45, 2.75) is 58.1 Å². The van der Waals surface area contributed by atoms with Crippen LogP contribution in [-0.4, -0.2) is 28.0 Å². The lowest BCUT2D eigenvalue weighted by Gasteiger charge is -2.29. The van der Waals surface area contributed by atoms with Gasteiger partial charge in [-0.15, -0.1) is 0 Å². The number of carbonyl (C=O) groups is 1. The van der Waals surface area contributed by atoms with Gasteiger partial charge in [-0.2, -0.15) is 5.10 Å². The van der Waals surface area contributed by atoms with E-state index >= 15 is 0 Å². The van der Waals surface area contributed by atoms with E-state index in [-0.39, 0.29) is 6.09 Å². The van der Waals surface area contributed by atoms with Crippen molar-refractivity contribution < 1.29 is 9.53 Å². The first-order valence-corrected chi connectivity index (χ1v) is 9.71. The van der Waals surface area contributed by atoms with Gasteiger partial charge in [-0.3, -0.25) is 4.68 Å². The zero-order valence-electron chi connectivity index (χ0n) is 15.1. The number of nitrogens with zero attached hydrogens (tertiary/aromatic N) is 2. The molecule has 0 atom stereocenters. The minimum absolute atomic E-state index is 0.321.